The molecule has 4 N–H and O–H groups in total. The van der Waals surface area contributed by atoms with E-state index in [0.29, 0.717) is 13.1 Å². The predicted molar refractivity (Wildman–Crippen MR) is 138 cm³/mol. The van der Waals surface area contributed by atoms with E-state index in [1.165, 1.54) is 11.1 Å². The molecule has 0 unspecified atom stereocenters. The molecule has 1 aliphatic carbocycles. The molecule has 236 valence electrons. The first kappa shape index (κ1) is 33.7. The van der Waals surface area contributed by atoms with Crippen LogP contribution < -0.4 is 5.32 Å². The minimum atomic E-state index is -5.08. The van der Waals surface area contributed by atoms with Crippen LogP contribution in [0.3, 0.4) is 0 Å². The number of pyridine rings is 1. The molecular formula is C27H30F6N4O6. The molecule has 5 rings (SSSR count). The number of piperazine rings is 1. The summed E-state index contributed by atoms with van der Waals surface area (Å²) in [6.45, 7) is 4.52. The van der Waals surface area contributed by atoms with E-state index in [4.69, 9.17) is 19.8 Å². The largest absolute Gasteiger partial charge is 0.490 e. The summed E-state index contributed by atoms with van der Waals surface area (Å²) in [5, 5.41) is 28.7. The summed E-state index contributed by atoms with van der Waals surface area (Å²) in [4.78, 5) is 38.8. The number of nitrogens with one attached hydrogen (secondary N) is 1. The molecule has 0 radical (unpaired) electrons. The van der Waals surface area contributed by atoms with Crippen LogP contribution in [0, 0.1) is 0 Å². The minimum absolute atomic E-state index is 0.0482. The van der Waals surface area contributed by atoms with Crippen LogP contribution in [0.1, 0.15) is 35.7 Å². The Labute approximate surface area is 241 Å². The van der Waals surface area contributed by atoms with Gasteiger partial charge >= 0.3 is 24.3 Å². The van der Waals surface area contributed by atoms with Crippen molar-refractivity contribution in [3.8, 4) is 0 Å². The van der Waals surface area contributed by atoms with Crippen LogP contribution in [0.4, 0.5) is 26.3 Å². The van der Waals surface area contributed by atoms with Gasteiger partial charge in [0.05, 0.1) is 24.4 Å². The van der Waals surface area contributed by atoms with E-state index in [9.17, 15) is 36.2 Å². The molecule has 2 saturated heterocycles. The van der Waals surface area contributed by atoms with Gasteiger partial charge in [-0.05, 0) is 49.2 Å². The number of amides is 1. The van der Waals surface area contributed by atoms with Crippen molar-refractivity contribution < 1.29 is 56.0 Å². The van der Waals surface area contributed by atoms with Crippen LogP contribution >= 0.6 is 0 Å². The van der Waals surface area contributed by atoms with E-state index in [0.717, 1.165) is 44.7 Å². The number of carbonyl (C=O) groups excluding carboxylic acids is 1. The molecule has 2 aliphatic heterocycles. The lowest BCUT2D eigenvalue weighted by Crippen LogP contribution is -2.53. The molecule has 0 bridgehead atoms. The van der Waals surface area contributed by atoms with E-state index in [2.05, 4.69) is 50.4 Å². The molecule has 1 spiro atoms. The number of hydrogen-bond acceptors (Lipinski definition) is 7. The van der Waals surface area contributed by atoms with Gasteiger partial charge in [0.15, 0.2) is 0 Å². The van der Waals surface area contributed by atoms with Gasteiger partial charge in [-0.3, -0.25) is 19.6 Å². The molecule has 1 amide bonds. The van der Waals surface area contributed by atoms with Crippen molar-refractivity contribution in [2.24, 2.45) is 0 Å². The van der Waals surface area contributed by atoms with Crippen LogP contribution in [0.25, 0.3) is 0 Å². The second-order valence-electron chi connectivity index (χ2n) is 10.2. The Morgan fingerprint density at radius 2 is 1.49 bits per heavy atom. The number of aromatic nitrogens is 1. The quantitative estimate of drug-likeness (QED) is 0.381. The molecule has 10 nitrogen and oxygen atoms in total. The number of fused-ring (bicyclic) bond motifs is 2. The molecule has 1 aromatic heterocycles. The third-order valence-corrected chi connectivity index (χ3v) is 7.49. The molecule has 3 heterocycles. The van der Waals surface area contributed by atoms with Gasteiger partial charge in [-0.25, -0.2) is 9.59 Å². The smallest absolute Gasteiger partial charge is 0.475 e. The Balaban J connectivity index is 0.000000303. The average molecular weight is 621 g/mol. The highest BCUT2D eigenvalue weighted by Crippen LogP contribution is 2.52. The van der Waals surface area contributed by atoms with Gasteiger partial charge in [-0.15, -0.1) is 0 Å². The number of benzene rings is 1. The van der Waals surface area contributed by atoms with Crippen molar-refractivity contribution in [2.45, 2.75) is 49.3 Å². The first-order valence-electron chi connectivity index (χ1n) is 13.1. The standard InChI is InChI=1S/C23H28N4O2.2C2HF3O2/c28-20-16-27(14-11-25-20)21-18-6-1-2-7-19(18)23(22(21)29)8-12-26(13-9-23)15-17-5-3-4-10-24-17;2*3-2(4,5)1(6)7/h1-7,10,21-22,29H,8-9,11-16H2,(H,25,28);2*(H,6,7)/t21-,22+;;/m1../s1. The van der Waals surface area contributed by atoms with Crippen LogP contribution in [-0.4, -0.2) is 99.1 Å². The van der Waals surface area contributed by atoms with Crippen molar-refractivity contribution >= 4 is 17.8 Å². The summed E-state index contributed by atoms with van der Waals surface area (Å²) in [5.74, 6) is -5.47. The summed E-state index contributed by atoms with van der Waals surface area (Å²) in [6, 6.07) is 14.4. The Kier molecular flexibility index (Phi) is 10.7. The third-order valence-electron chi connectivity index (χ3n) is 7.49. The van der Waals surface area contributed by atoms with Gasteiger partial charge in [-0.2, -0.15) is 26.3 Å². The van der Waals surface area contributed by atoms with Gasteiger partial charge in [0, 0.05) is 31.2 Å². The monoisotopic (exact) mass is 620 g/mol. The SMILES string of the molecule is O=C(O)C(F)(F)F.O=C(O)C(F)(F)F.O=C1CN([C@@H]2c3ccccc3C3(CCN(Cc4ccccn4)CC3)[C@H]2O)CCN1. The maximum Gasteiger partial charge on any atom is 0.490 e. The topological polar surface area (TPSA) is 143 Å². The molecule has 16 heteroatoms. The maximum atomic E-state index is 12.0. The summed E-state index contributed by atoms with van der Waals surface area (Å²) in [6.07, 6.45) is -6.96. The average Bonchev–Trinajstić information content (AvgIpc) is 3.17. The minimum Gasteiger partial charge on any atom is -0.475 e. The fourth-order valence-corrected chi connectivity index (χ4v) is 5.53. The molecule has 1 aromatic carbocycles. The van der Waals surface area contributed by atoms with Crippen molar-refractivity contribution in [1.82, 2.24) is 20.1 Å². The number of hydrogen-bond donors (Lipinski definition) is 4. The number of aliphatic hydroxyl groups is 1. The van der Waals surface area contributed by atoms with Gasteiger partial charge in [0.25, 0.3) is 0 Å². The Morgan fingerprint density at radius 3 is 2.00 bits per heavy atom. The van der Waals surface area contributed by atoms with Crippen LogP contribution in [0.5, 0.6) is 0 Å². The molecule has 2 atom stereocenters. The lowest BCUT2D eigenvalue weighted by atomic mass is 9.72. The Hall–Kier alpha value is -3.76. The van der Waals surface area contributed by atoms with E-state index >= 15 is 0 Å². The zero-order chi connectivity index (χ0) is 32.0. The number of carboxylic acid groups (broad SMARTS) is 2. The summed E-state index contributed by atoms with van der Waals surface area (Å²) >= 11 is 0. The number of alkyl halides is 6. The second kappa shape index (κ2) is 13.7. The Bertz CT molecular complexity index is 1240. The van der Waals surface area contributed by atoms with E-state index in [1.807, 2.05) is 18.3 Å². The number of likely N-dealkylation sites (tertiary alicyclic amines) is 1. The third kappa shape index (κ3) is 8.42. The van der Waals surface area contributed by atoms with Crippen LogP contribution in [0.15, 0.2) is 48.7 Å². The normalized spacial score (nSPS) is 21.9. The highest BCUT2D eigenvalue weighted by Gasteiger charge is 2.54. The fourth-order valence-electron chi connectivity index (χ4n) is 5.53. The van der Waals surface area contributed by atoms with Crippen LogP contribution in [0.2, 0.25) is 0 Å². The van der Waals surface area contributed by atoms with Gasteiger partial charge in [0.2, 0.25) is 5.91 Å². The van der Waals surface area contributed by atoms with Crippen molar-refractivity contribution in [1.29, 1.82) is 0 Å². The highest BCUT2D eigenvalue weighted by molar-refractivity contribution is 5.78. The van der Waals surface area contributed by atoms with Crippen LogP contribution in [-0.2, 0) is 26.3 Å². The summed E-state index contributed by atoms with van der Waals surface area (Å²) in [7, 11) is 0. The summed E-state index contributed by atoms with van der Waals surface area (Å²) < 4.78 is 63.5. The number of rotatable bonds is 3. The molecule has 2 fully saturated rings. The number of aliphatic hydroxyl groups excluding tert-OH is 1. The van der Waals surface area contributed by atoms with E-state index < -0.39 is 30.4 Å². The number of nitrogens with zero attached hydrogens (tertiary/aromatic N) is 3. The number of piperidine rings is 1. The molecule has 2 aromatic rings. The van der Waals surface area contributed by atoms with Gasteiger partial charge in [-0.1, -0.05) is 30.3 Å². The van der Waals surface area contributed by atoms with Gasteiger partial charge < -0.3 is 20.6 Å². The molecule has 3 aliphatic rings. The first-order chi connectivity index (χ1) is 20.1. The highest BCUT2D eigenvalue weighted by atomic mass is 19.4. The Morgan fingerprint density at radius 1 is 0.930 bits per heavy atom. The summed E-state index contributed by atoms with van der Waals surface area (Å²) in [5.41, 5.74) is 3.34. The maximum absolute atomic E-state index is 12.0. The lowest BCUT2D eigenvalue weighted by molar-refractivity contribution is -0.193. The molecule has 43 heavy (non-hydrogen) atoms. The number of carbonyl (C=O) groups is 3. The number of carboxylic acids is 2. The fraction of sp³-hybridized carbons (Fsp3) is 0.481. The zero-order valence-electron chi connectivity index (χ0n) is 22.6. The van der Waals surface area contributed by atoms with Crippen molar-refractivity contribution in [3.63, 3.8) is 0 Å². The van der Waals surface area contributed by atoms with E-state index in [1.54, 1.807) is 0 Å². The lowest BCUT2D eigenvalue weighted by Gasteiger charge is -2.44. The number of halogens is 6. The van der Waals surface area contributed by atoms with Gasteiger partial charge in [0.1, 0.15) is 0 Å². The van der Waals surface area contributed by atoms with E-state index in [-0.39, 0.29) is 17.4 Å². The second-order valence-corrected chi connectivity index (χ2v) is 10.2. The van der Waals surface area contributed by atoms with Crippen molar-refractivity contribution in [3.05, 3.63) is 65.5 Å². The first-order valence-corrected chi connectivity index (χ1v) is 13.1. The molecular weight excluding hydrogens is 590 g/mol. The van der Waals surface area contributed by atoms with Crippen molar-refractivity contribution in [2.75, 3.05) is 32.7 Å². The predicted octanol–water partition coefficient (Wildman–Crippen LogP) is 2.73. The molecule has 0 saturated carbocycles. The number of aliphatic carboxylic acids is 2. The zero-order valence-corrected chi connectivity index (χ0v) is 22.6.